The van der Waals surface area contributed by atoms with Crippen LogP contribution in [0.5, 0.6) is 0 Å². The molecule has 2 N–H and O–H groups in total. The van der Waals surface area contributed by atoms with Gasteiger partial charge in [-0.1, -0.05) is 25.5 Å². The average Bonchev–Trinajstić information content (AvgIpc) is 3.66. The minimum absolute atomic E-state index is 0.124. The van der Waals surface area contributed by atoms with Crippen LogP contribution in [0.2, 0.25) is 0 Å². The van der Waals surface area contributed by atoms with Gasteiger partial charge in [-0.05, 0) is 42.5 Å². The van der Waals surface area contributed by atoms with Gasteiger partial charge in [0.1, 0.15) is 16.9 Å². The maximum atomic E-state index is 15.3. The first-order chi connectivity index (χ1) is 18.7. The number of anilines is 2. The number of allylic oxidation sites excluding steroid dienone is 2. The minimum Gasteiger partial charge on any atom is -0.389 e. The fourth-order valence-electron chi connectivity index (χ4n) is 5.64. The Balaban J connectivity index is 1.81. The highest BCUT2D eigenvalue weighted by Gasteiger charge is 2.33. The van der Waals surface area contributed by atoms with Crippen LogP contribution in [0.4, 0.5) is 15.3 Å². The Morgan fingerprint density at radius 1 is 1.36 bits per heavy atom. The lowest BCUT2D eigenvalue weighted by atomic mass is 9.85. The summed E-state index contributed by atoms with van der Waals surface area (Å²) in [7, 11) is 4.61. The lowest BCUT2D eigenvalue weighted by Gasteiger charge is -2.22. The zero-order valence-electron chi connectivity index (χ0n) is 22.9. The van der Waals surface area contributed by atoms with Gasteiger partial charge >= 0.3 is 0 Å². The van der Waals surface area contributed by atoms with E-state index in [0.717, 1.165) is 68.5 Å². The molecule has 1 saturated heterocycles. The van der Waals surface area contributed by atoms with Gasteiger partial charge in [0, 0.05) is 48.6 Å². The molecule has 0 aliphatic carbocycles. The summed E-state index contributed by atoms with van der Waals surface area (Å²) in [6, 6.07) is 2.25. The molecule has 0 spiro atoms. The number of thiophene rings is 1. The van der Waals surface area contributed by atoms with E-state index in [4.69, 9.17) is 25.2 Å². The summed E-state index contributed by atoms with van der Waals surface area (Å²) in [5, 5.41) is 12.2. The third-order valence-electron chi connectivity index (χ3n) is 7.89. The third-order valence-corrected chi connectivity index (χ3v) is 9.48. The number of methoxy groups -OCH3 is 1. The van der Waals surface area contributed by atoms with Crippen LogP contribution in [0.3, 0.4) is 0 Å². The number of fused-ring (bicyclic) bond motifs is 3. The quantitative estimate of drug-likeness (QED) is 0.383. The van der Waals surface area contributed by atoms with Gasteiger partial charge in [0.2, 0.25) is 5.95 Å². The lowest BCUT2D eigenvalue weighted by molar-refractivity contribution is 0.0899. The van der Waals surface area contributed by atoms with Crippen molar-refractivity contribution in [3.05, 3.63) is 50.5 Å². The molecule has 5 rings (SSSR count). The first-order valence-corrected chi connectivity index (χ1v) is 14.4. The Kier molecular flexibility index (Phi) is 7.76. The van der Waals surface area contributed by atoms with Gasteiger partial charge in [-0.2, -0.15) is 5.26 Å². The van der Waals surface area contributed by atoms with Crippen molar-refractivity contribution < 1.29 is 13.9 Å². The Morgan fingerprint density at radius 2 is 2.10 bits per heavy atom. The largest absolute Gasteiger partial charge is 0.389 e. The summed E-state index contributed by atoms with van der Waals surface area (Å²) >= 11 is 1.11. The van der Waals surface area contributed by atoms with Crippen LogP contribution in [0.15, 0.2) is 17.8 Å². The van der Waals surface area contributed by atoms with E-state index in [1.807, 2.05) is 13.1 Å². The summed E-state index contributed by atoms with van der Waals surface area (Å²) in [6.45, 7) is 10.3. The van der Waals surface area contributed by atoms with Crippen LogP contribution >= 0.6 is 20.6 Å². The van der Waals surface area contributed by atoms with Crippen LogP contribution in [-0.4, -0.2) is 36.3 Å². The molecule has 39 heavy (non-hydrogen) atoms. The predicted octanol–water partition coefficient (Wildman–Crippen LogP) is 5.71. The second-order valence-electron chi connectivity index (χ2n) is 10.1. The van der Waals surface area contributed by atoms with Gasteiger partial charge in [-0.25, -0.2) is 14.4 Å². The molecule has 1 aromatic carbocycles. The Bertz CT molecular complexity index is 1570. The Morgan fingerprint density at radius 3 is 2.74 bits per heavy atom. The normalized spacial score (nSPS) is 19.9. The topological polar surface area (TPSA) is 97.3 Å². The molecular weight excluding hydrogens is 532 g/mol. The number of nitrogens with two attached hydrogens (primary N) is 1. The van der Waals surface area contributed by atoms with Crippen molar-refractivity contribution >= 4 is 59.1 Å². The molecule has 4 heterocycles. The van der Waals surface area contributed by atoms with E-state index in [-0.39, 0.29) is 6.10 Å². The van der Waals surface area contributed by atoms with Crippen molar-refractivity contribution in [2.75, 3.05) is 30.8 Å². The molecular formula is C29H33FN5O2PS. The molecule has 204 valence electrons. The summed E-state index contributed by atoms with van der Waals surface area (Å²) < 4.78 is 26.9. The number of rotatable bonds is 6. The smallest absolute Gasteiger partial charge is 0.225 e. The fraction of sp³-hybridized carbons (Fsp3) is 0.414. The van der Waals surface area contributed by atoms with Gasteiger partial charge in [-0.15, -0.1) is 20.6 Å². The van der Waals surface area contributed by atoms with Gasteiger partial charge < -0.3 is 20.1 Å². The summed E-state index contributed by atoms with van der Waals surface area (Å²) in [4.78, 5) is 12.3. The van der Waals surface area contributed by atoms with Gasteiger partial charge in [-0.3, -0.25) is 0 Å². The number of nitrogen functional groups attached to an aromatic ring is 1. The van der Waals surface area contributed by atoms with E-state index < -0.39 is 5.83 Å². The molecule has 3 aromatic rings. The zero-order valence-corrected chi connectivity index (χ0v) is 24.9. The van der Waals surface area contributed by atoms with E-state index in [0.29, 0.717) is 52.5 Å². The molecule has 0 amide bonds. The number of nitrogens with zero attached hydrogens (tertiary/aromatic N) is 4. The van der Waals surface area contributed by atoms with Crippen LogP contribution < -0.4 is 15.9 Å². The van der Waals surface area contributed by atoms with Gasteiger partial charge in [0.05, 0.1) is 35.3 Å². The number of benzene rings is 1. The molecule has 2 aliphatic rings. The first kappa shape index (κ1) is 27.7. The number of aromatic nitrogens is 2. The highest BCUT2D eigenvalue weighted by atomic mass is 32.1. The lowest BCUT2D eigenvalue weighted by Crippen LogP contribution is -2.24. The molecule has 10 heteroatoms. The second kappa shape index (κ2) is 10.9. The van der Waals surface area contributed by atoms with Gasteiger partial charge in [0.15, 0.2) is 0 Å². The molecule has 2 aromatic heterocycles. The highest BCUT2D eigenvalue weighted by molar-refractivity contribution is 7.28. The van der Waals surface area contributed by atoms with Crippen molar-refractivity contribution in [3.63, 3.8) is 0 Å². The number of ether oxygens (including phenoxy) is 2. The third kappa shape index (κ3) is 4.54. The molecule has 0 bridgehead atoms. The maximum absolute atomic E-state index is 15.3. The molecule has 7 nitrogen and oxygen atoms in total. The molecule has 3 atom stereocenters. The SMILES string of the molecule is C/C=C(/F)c1sc(N)c(C#N)c1C(=C(C)CC)c1c2c(c3cnc(N4CC(C)C(OC)C4)nc3c1P)COC2. The van der Waals surface area contributed by atoms with Crippen LogP contribution in [0, 0.1) is 17.2 Å². The fourth-order valence-corrected chi connectivity index (χ4v) is 7.17. The molecule has 2 aliphatic heterocycles. The van der Waals surface area contributed by atoms with E-state index in [1.165, 1.54) is 6.08 Å². The number of hydrogen-bond donors (Lipinski definition) is 1. The number of nitriles is 1. The first-order valence-electron chi connectivity index (χ1n) is 13.1. The number of hydrogen-bond acceptors (Lipinski definition) is 8. The average molecular weight is 566 g/mol. The standard InChI is InChI=1S/C29H33FN5O2PS/c1-6-14(3)22(24-16(8-31)28(32)39-27(24)20(30)7-2)23-19-13-37-12-18(19)17-9-33-29(34-25(17)26(23)38)35-10-15(4)21(11-35)36-5/h7,9,15,21H,6,10-13,32,38H2,1-5H3/b20-7+,22-14?. The highest BCUT2D eigenvalue weighted by Crippen LogP contribution is 2.46. The van der Waals surface area contributed by atoms with Crippen LogP contribution in [0.25, 0.3) is 22.3 Å². The zero-order chi connectivity index (χ0) is 28.0. The minimum atomic E-state index is -0.399. The van der Waals surface area contributed by atoms with Crippen molar-refractivity contribution in [2.45, 2.75) is 53.4 Å². The van der Waals surface area contributed by atoms with E-state index >= 15 is 4.39 Å². The van der Waals surface area contributed by atoms with E-state index in [9.17, 15) is 5.26 Å². The van der Waals surface area contributed by atoms with E-state index in [2.05, 4.69) is 34.1 Å². The van der Waals surface area contributed by atoms with Crippen molar-refractivity contribution in [1.29, 1.82) is 5.26 Å². The van der Waals surface area contributed by atoms with E-state index in [1.54, 1.807) is 14.0 Å². The maximum Gasteiger partial charge on any atom is 0.225 e. The second-order valence-corrected chi connectivity index (χ2v) is 11.8. The van der Waals surface area contributed by atoms with Crippen molar-refractivity contribution in [3.8, 4) is 6.07 Å². The summed E-state index contributed by atoms with van der Waals surface area (Å²) in [5.41, 5.74) is 12.7. The summed E-state index contributed by atoms with van der Waals surface area (Å²) in [6.07, 6.45) is 4.13. The van der Waals surface area contributed by atoms with Crippen molar-refractivity contribution in [1.82, 2.24) is 9.97 Å². The molecule has 0 saturated carbocycles. The summed E-state index contributed by atoms with van der Waals surface area (Å²) in [5.74, 6) is 0.617. The monoisotopic (exact) mass is 565 g/mol. The predicted molar refractivity (Wildman–Crippen MR) is 160 cm³/mol. The van der Waals surface area contributed by atoms with Crippen LogP contribution in [0.1, 0.15) is 66.8 Å². The van der Waals surface area contributed by atoms with Gasteiger partial charge in [0.25, 0.3) is 0 Å². The Labute approximate surface area is 234 Å². The number of halogens is 1. The van der Waals surface area contributed by atoms with Crippen LogP contribution in [-0.2, 0) is 22.7 Å². The molecule has 0 radical (unpaired) electrons. The Hall–Kier alpha value is -2.89. The molecule has 3 unspecified atom stereocenters. The van der Waals surface area contributed by atoms with Crippen molar-refractivity contribution in [2.24, 2.45) is 5.92 Å². The molecule has 1 fully saturated rings.